The Morgan fingerprint density at radius 1 is 0.935 bits per heavy atom. The highest BCUT2D eigenvalue weighted by atomic mass is 35.5. The summed E-state index contributed by atoms with van der Waals surface area (Å²) in [5.74, 6) is -2.49. The maximum atomic E-state index is 13.7. The van der Waals surface area contributed by atoms with Gasteiger partial charge >= 0.3 is 11.9 Å². The quantitative estimate of drug-likeness (QED) is 0.0980. The standard InChI is InChI=1S/C32H28Cl2FN3O8/c1-44-26-10-9-18(13-28(26)45-2)27(14-23-24(33)16-38(43)17-25(23)34)46-29(39)15-36-31(40)20-6-4-8-22(12-20)37-30(32(41)42)19-5-3-7-21(35)11-19/h3-13,16-17,27,30,37H,14-15H2,1-2H3,(H,36,40)(H,41,42). The number of methoxy groups -OCH3 is 2. The van der Waals surface area contributed by atoms with Gasteiger partial charge in [-0.15, -0.1) is 0 Å². The van der Waals surface area contributed by atoms with Gasteiger partial charge < -0.3 is 35.2 Å². The molecule has 0 fully saturated rings. The molecular formula is C32H28Cl2FN3O8. The lowest BCUT2D eigenvalue weighted by Gasteiger charge is -2.21. The number of hydrogen-bond donors (Lipinski definition) is 3. The molecule has 0 saturated carbocycles. The molecule has 4 rings (SSSR count). The van der Waals surface area contributed by atoms with Crippen LogP contribution >= 0.6 is 23.2 Å². The largest absolute Gasteiger partial charge is 0.619 e. The number of esters is 1. The van der Waals surface area contributed by atoms with E-state index in [1.54, 1.807) is 24.3 Å². The van der Waals surface area contributed by atoms with Gasteiger partial charge in [-0.3, -0.25) is 9.59 Å². The molecule has 3 N–H and O–H groups in total. The summed E-state index contributed by atoms with van der Waals surface area (Å²) < 4.78 is 30.6. The van der Waals surface area contributed by atoms with E-state index in [2.05, 4.69) is 10.6 Å². The molecule has 11 nitrogen and oxygen atoms in total. The van der Waals surface area contributed by atoms with Crippen LogP contribution in [0.4, 0.5) is 10.1 Å². The average Bonchev–Trinajstić information content (AvgIpc) is 3.03. The van der Waals surface area contributed by atoms with Crippen molar-refractivity contribution >= 4 is 46.7 Å². The van der Waals surface area contributed by atoms with Gasteiger partial charge in [-0.25, -0.2) is 9.18 Å². The van der Waals surface area contributed by atoms with E-state index in [0.717, 1.165) is 18.5 Å². The van der Waals surface area contributed by atoms with Crippen LogP contribution in [0, 0.1) is 11.0 Å². The molecule has 0 radical (unpaired) electrons. The fourth-order valence-corrected chi connectivity index (χ4v) is 5.14. The van der Waals surface area contributed by atoms with Crippen molar-refractivity contribution in [3.8, 4) is 11.5 Å². The van der Waals surface area contributed by atoms with E-state index < -0.39 is 42.4 Å². The molecule has 2 atom stereocenters. The molecule has 0 aliphatic carbocycles. The topological polar surface area (TPSA) is 150 Å². The highest BCUT2D eigenvalue weighted by molar-refractivity contribution is 6.35. The van der Waals surface area contributed by atoms with Crippen LogP contribution in [0.3, 0.4) is 0 Å². The SMILES string of the molecule is COc1ccc(C(Cc2c(Cl)c[n+]([O-])cc2Cl)OC(=O)CNC(=O)c2cccc(NC(C(=O)O)c3cccc(F)c3)c2)cc1OC. The Morgan fingerprint density at radius 2 is 1.63 bits per heavy atom. The zero-order chi connectivity index (χ0) is 33.4. The highest BCUT2D eigenvalue weighted by Crippen LogP contribution is 2.35. The van der Waals surface area contributed by atoms with E-state index in [-0.39, 0.29) is 33.3 Å². The zero-order valence-electron chi connectivity index (χ0n) is 24.5. The minimum atomic E-state index is -1.29. The Labute approximate surface area is 273 Å². The summed E-state index contributed by atoms with van der Waals surface area (Å²) in [5, 5.41) is 26.8. The van der Waals surface area contributed by atoms with Crippen LogP contribution in [0.25, 0.3) is 0 Å². The number of carboxylic acid groups (broad SMARTS) is 1. The molecular weight excluding hydrogens is 644 g/mol. The molecule has 0 aliphatic heterocycles. The van der Waals surface area contributed by atoms with Gasteiger partial charge in [0.15, 0.2) is 29.9 Å². The van der Waals surface area contributed by atoms with Crippen LogP contribution in [-0.4, -0.2) is 43.7 Å². The number of benzene rings is 3. The first-order valence-corrected chi connectivity index (χ1v) is 14.4. The number of nitrogens with one attached hydrogen (secondary N) is 2. The fraction of sp³-hybridized carbons (Fsp3) is 0.188. The Hall–Kier alpha value is -5.07. The first-order chi connectivity index (χ1) is 22.0. The number of carbonyl (C=O) groups is 3. The second-order valence-corrected chi connectivity index (χ2v) is 10.6. The number of hydrogen-bond acceptors (Lipinski definition) is 8. The Bertz CT molecular complexity index is 1730. The lowest BCUT2D eigenvalue weighted by atomic mass is 10.0. The molecule has 0 aliphatic rings. The van der Waals surface area contributed by atoms with Gasteiger partial charge in [0.2, 0.25) is 0 Å². The minimum absolute atomic E-state index is 0.0164. The summed E-state index contributed by atoms with van der Waals surface area (Å²) in [5.41, 5.74) is 1.42. The zero-order valence-corrected chi connectivity index (χ0v) is 26.0. The third-order valence-electron chi connectivity index (χ3n) is 6.76. The van der Waals surface area contributed by atoms with Gasteiger partial charge in [0, 0.05) is 23.2 Å². The summed E-state index contributed by atoms with van der Waals surface area (Å²) in [7, 11) is 2.92. The Balaban J connectivity index is 1.48. The van der Waals surface area contributed by atoms with E-state index >= 15 is 0 Å². The molecule has 46 heavy (non-hydrogen) atoms. The molecule has 1 heterocycles. The maximum Gasteiger partial charge on any atom is 0.330 e. The lowest BCUT2D eigenvalue weighted by Crippen LogP contribution is -2.32. The van der Waals surface area contributed by atoms with Crippen molar-refractivity contribution in [1.82, 2.24) is 5.32 Å². The van der Waals surface area contributed by atoms with Crippen molar-refractivity contribution in [2.24, 2.45) is 0 Å². The van der Waals surface area contributed by atoms with E-state index in [0.29, 0.717) is 27.4 Å². The molecule has 1 amide bonds. The molecule has 1 aromatic heterocycles. The van der Waals surface area contributed by atoms with Crippen LogP contribution in [0.5, 0.6) is 11.5 Å². The number of aromatic nitrogens is 1. The van der Waals surface area contributed by atoms with E-state index in [4.69, 9.17) is 37.4 Å². The van der Waals surface area contributed by atoms with Crippen molar-refractivity contribution < 1.29 is 42.8 Å². The summed E-state index contributed by atoms with van der Waals surface area (Å²) in [6.45, 7) is -0.530. The fourth-order valence-electron chi connectivity index (χ4n) is 4.54. The van der Waals surface area contributed by atoms with Crippen LogP contribution in [-0.2, 0) is 20.7 Å². The number of ether oxygens (including phenoxy) is 3. The molecule has 0 bridgehead atoms. The first-order valence-electron chi connectivity index (χ1n) is 13.6. The molecule has 0 saturated heterocycles. The van der Waals surface area contributed by atoms with Gasteiger partial charge in [0.25, 0.3) is 5.91 Å². The predicted molar refractivity (Wildman–Crippen MR) is 167 cm³/mol. The van der Waals surface area contributed by atoms with Crippen LogP contribution < -0.4 is 24.8 Å². The minimum Gasteiger partial charge on any atom is -0.619 e. The summed E-state index contributed by atoms with van der Waals surface area (Å²) in [4.78, 5) is 37.8. The van der Waals surface area contributed by atoms with Gasteiger partial charge in [0.1, 0.15) is 28.5 Å². The summed E-state index contributed by atoms with van der Waals surface area (Å²) in [6, 6.07) is 14.7. The number of carboxylic acids is 1. The number of carbonyl (C=O) groups excluding carboxylic acids is 2. The van der Waals surface area contributed by atoms with Gasteiger partial charge in [-0.05, 0) is 53.6 Å². The second-order valence-electron chi connectivity index (χ2n) is 9.82. The Kier molecular flexibility index (Phi) is 11.2. The first kappa shape index (κ1) is 33.8. The van der Waals surface area contributed by atoms with Crippen LogP contribution in [0.1, 0.15) is 39.2 Å². The van der Waals surface area contributed by atoms with Crippen molar-refractivity contribution in [3.63, 3.8) is 0 Å². The molecule has 3 aromatic carbocycles. The predicted octanol–water partition coefficient (Wildman–Crippen LogP) is 5.28. The maximum absolute atomic E-state index is 13.7. The van der Waals surface area contributed by atoms with Crippen molar-refractivity contribution in [3.05, 3.63) is 122 Å². The van der Waals surface area contributed by atoms with E-state index in [1.807, 2.05) is 0 Å². The summed E-state index contributed by atoms with van der Waals surface area (Å²) >= 11 is 12.6. The number of halogens is 3. The second kappa shape index (κ2) is 15.3. The highest BCUT2D eigenvalue weighted by Gasteiger charge is 2.25. The average molecular weight is 672 g/mol. The van der Waals surface area contributed by atoms with Crippen molar-refractivity contribution in [2.45, 2.75) is 18.6 Å². The monoisotopic (exact) mass is 671 g/mol. The van der Waals surface area contributed by atoms with Crippen LogP contribution in [0.2, 0.25) is 10.0 Å². The van der Waals surface area contributed by atoms with Gasteiger partial charge in [-0.2, -0.15) is 4.73 Å². The third kappa shape index (κ3) is 8.55. The number of anilines is 1. The number of rotatable bonds is 13. The molecule has 4 aromatic rings. The smallest absolute Gasteiger partial charge is 0.330 e. The van der Waals surface area contributed by atoms with Gasteiger partial charge in [-0.1, -0.05) is 47.5 Å². The number of pyridine rings is 1. The van der Waals surface area contributed by atoms with Gasteiger partial charge in [0.05, 0.1) is 14.2 Å². The Morgan fingerprint density at radius 3 is 2.28 bits per heavy atom. The normalized spacial score (nSPS) is 12.0. The number of aliphatic carboxylic acids is 1. The molecule has 240 valence electrons. The number of nitrogens with zero attached hydrogens (tertiary/aromatic N) is 1. The molecule has 0 spiro atoms. The van der Waals surface area contributed by atoms with Crippen molar-refractivity contribution in [2.75, 3.05) is 26.1 Å². The number of amides is 1. The van der Waals surface area contributed by atoms with E-state index in [1.165, 1.54) is 50.6 Å². The van der Waals surface area contributed by atoms with E-state index in [9.17, 15) is 29.1 Å². The lowest BCUT2D eigenvalue weighted by molar-refractivity contribution is -0.605. The van der Waals surface area contributed by atoms with Crippen LogP contribution in [0.15, 0.2) is 79.1 Å². The molecule has 14 heteroatoms. The summed E-state index contributed by atoms with van der Waals surface area (Å²) in [6.07, 6.45) is 1.26. The molecule has 2 unspecified atom stereocenters. The van der Waals surface area contributed by atoms with Crippen molar-refractivity contribution in [1.29, 1.82) is 0 Å². The third-order valence-corrected chi connectivity index (χ3v) is 7.41.